The molecule has 0 radical (unpaired) electrons. The van der Waals surface area contributed by atoms with E-state index in [1.165, 1.54) is 0 Å². The molecule has 7 aromatic carbocycles. The van der Waals surface area contributed by atoms with E-state index < -0.39 is 0 Å². The molecule has 0 bridgehead atoms. The Kier molecular flexibility index (Phi) is 7.98. The van der Waals surface area contributed by atoms with Crippen LogP contribution < -0.4 is 0 Å². The molecule has 5 aromatic heterocycles. The van der Waals surface area contributed by atoms with Crippen molar-refractivity contribution in [3.63, 3.8) is 0 Å². The number of hydrogen-bond donors (Lipinski definition) is 0. The first kappa shape index (κ1) is 35.3. The van der Waals surface area contributed by atoms with Gasteiger partial charge >= 0.3 is 0 Å². The standard InChI is InChI=1S/C54H35N7O/c1-3-39-40-32-34(28-30-45(40)59(44(39)4-2)36-18-8-5-9-19-36)35-29-31-48-41(33-35)49-51(62-48)50(53-55-42-24-14-16-26-46(42)60(53)37-20-10-6-11-21-37)58-52(57-49)54-56-43-25-15-17-27-47(43)61(54)38-22-12-7-13-23-38/h3-33H,1-2H2. The SMILES string of the molecule is C=Cc1c(C=C)n(-c2ccccc2)c2ccc(-c3ccc4oc5c(-c6nc7ccccc7n6-c6ccccc6)nc(-c6nc7ccccc7n6-c6ccccc6)nc5c4c3)cc12. The lowest BCUT2D eigenvalue weighted by molar-refractivity contribution is 0.666. The molecule has 0 saturated carbocycles. The molecule has 12 rings (SSSR count). The summed E-state index contributed by atoms with van der Waals surface area (Å²) >= 11 is 0. The molecule has 0 saturated heterocycles. The third kappa shape index (κ3) is 5.40. The fourth-order valence-electron chi connectivity index (χ4n) is 8.90. The van der Waals surface area contributed by atoms with E-state index in [0.29, 0.717) is 39.8 Å². The van der Waals surface area contributed by atoms with E-state index in [0.717, 1.165) is 77.8 Å². The average Bonchev–Trinajstić information content (AvgIpc) is 4.10. The number of aromatic nitrogens is 7. The van der Waals surface area contributed by atoms with Gasteiger partial charge in [-0.2, -0.15) is 0 Å². The summed E-state index contributed by atoms with van der Waals surface area (Å²) < 4.78 is 13.3. The van der Waals surface area contributed by atoms with E-state index in [4.69, 9.17) is 24.4 Å². The number of para-hydroxylation sites is 7. The van der Waals surface area contributed by atoms with Crippen LogP contribution in [0.15, 0.2) is 193 Å². The van der Waals surface area contributed by atoms with Gasteiger partial charge in [-0.1, -0.05) is 110 Å². The lowest BCUT2D eigenvalue weighted by Crippen LogP contribution is -2.04. The van der Waals surface area contributed by atoms with Crippen molar-refractivity contribution >= 4 is 67.2 Å². The second kappa shape index (κ2) is 14.0. The smallest absolute Gasteiger partial charge is 0.197 e. The molecule has 0 atom stereocenters. The Bertz CT molecular complexity index is 3720. The van der Waals surface area contributed by atoms with Gasteiger partial charge < -0.3 is 8.98 Å². The lowest BCUT2D eigenvalue weighted by atomic mass is 10.0. The van der Waals surface area contributed by atoms with Gasteiger partial charge in [-0.25, -0.2) is 19.9 Å². The van der Waals surface area contributed by atoms with Crippen molar-refractivity contribution in [1.29, 1.82) is 0 Å². The third-order valence-electron chi connectivity index (χ3n) is 11.7. The molecule has 0 aliphatic rings. The third-order valence-corrected chi connectivity index (χ3v) is 11.7. The number of furan rings is 1. The summed E-state index contributed by atoms with van der Waals surface area (Å²) in [7, 11) is 0. The van der Waals surface area contributed by atoms with E-state index in [1.807, 2.05) is 97.1 Å². The molecule has 0 fully saturated rings. The summed E-state index contributed by atoms with van der Waals surface area (Å²) in [6, 6.07) is 60.0. The Morgan fingerprint density at radius 2 is 0.984 bits per heavy atom. The quantitative estimate of drug-likeness (QED) is 0.153. The zero-order valence-corrected chi connectivity index (χ0v) is 33.4. The first-order valence-corrected chi connectivity index (χ1v) is 20.5. The Labute approximate surface area is 355 Å². The molecule has 0 N–H and O–H groups in total. The normalized spacial score (nSPS) is 11.7. The van der Waals surface area contributed by atoms with Gasteiger partial charge in [-0.05, 0) is 102 Å². The predicted molar refractivity (Wildman–Crippen MR) is 252 cm³/mol. The molecule has 0 aliphatic heterocycles. The number of imidazole rings is 2. The minimum absolute atomic E-state index is 0.448. The minimum atomic E-state index is 0.448. The van der Waals surface area contributed by atoms with Crippen molar-refractivity contribution in [2.24, 2.45) is 0 Å². The highest BCUT2D eigenvalue weighted by Gasteiger charge is 2.26. The largest absolute Gasteiger partial charge is 0.452 e. The van der Waals surface area contributed by atoms with Crippen LogP contribution in [0.1, 0.15) is 11.3 Å². The van der Waals surface area contributed by atoms with Crippen LogP contribution in [0.3, 0.4) is 0 Å². The molecule has 0 amide bonds. The van der Waals surface area contributed by atoms with Crippen molar-refractivity contribution in [1.82, 2.24) is 33.6 Å². The molecule has 292 valence electrons. The maximum Gasteiger partial charge on any atom is 0.197 e. The highest BCUT2D eigenvalue weighted by Crippen LogP contribution is 2.41. The number of fused-ring (bicyclic) bond motifs is 6. The summed E-state index contributed by atoms with van der Waals surface area (Å²) in [5, 5.41) is 1.93. The highest BCUT2D eigenvalue weighted by molar-refractivity contribution is 6.09. The second-order valence-electron chi connectivity index (χ2n) is 15.2. The summed E-state index contributed by atoms with van der Waals surface area (Å²) in [6.45, 7) is 8.39. The average molecular weight is 798 g/mol. The highest BCUT2D eigenvalue weighted by atomic mass is 16.3. The van der Waals surface area contributed by atoms with Gasteiger partial charge in [0.2, 0.25) is 0 Å². The van der Waals surface area contributed by atoms with E-state index in [1.54, 1.807) is 0 Å². The topological polar surface area (TPSA) is 79.5 Å². The molecule has 8 heteroatoms. The van der Waals surface area contributed by atoms with Crippen LogP contribution in [0.4, 0.5) is 0 Å². The van der Waals surface area contributed by atoms with Crippen LogP contribution in [0.25, 0.3) is 119 Å². The van der Waals surface area contributed by atoms with Crippen molar-refractivity contribution < 1.29 is 4.42 Å². The number of hydrogen-bond acceptors (Lipinski definition) is 5. The van der Waals surface area contributed by atoms with Crippen LogP contribution in [-0.4, -0.2) is 33.6 Å². The van der Waals surface area contributed by atoms with E-state index in [2.05, 4.69) is 118 Å². The van der Waals surface area contributed by atoms with Gasteiger partial charge in [-0.15, -0.1) is 0 Å². The Hall–Kier alpha value is -8.62. The number of benzene rings is 7. The van der Waals surface area contributed by atoms with Gasteiger partial charge in [-0.3, -0.25) is 9.13 Å². The molecule has 8 nitrogen and oxygen atoms in total. The van der Waals surface area contributed by atoms with Crippen molar-refractivity contribution in [3.05, 3.63) is 200 Å². The van der Waals surface area contributed by atoms with Gasteiger partial charge in [0.25, 0.3) is 0 Å². The Balaban J connectivity index is 1.13. The molecule has 5 heterocycles. The van der Waals surface area contributed by atoms with E-state index in [-0.39, 0.29) is 0 Å². The summed E-state index contributed by atoms with van der Waals surface area (Å²) in [5.41, 5.74) is 14.1. The Morgan fingerprint density at radius 1 is 0.452 bits per heavy atom. The lowest BCUT2D eigenvalue weighted by Gasteiger charge is -2.12. The Morgan fingerprint density at radius 3 is 1.60 bits per heavy atom. The van der Waals surface area contributed by atoms with E-state index in [9.17, 15) is 0 Å². The summed E-state index contributed by atoms with van der Waals surface area (Å²) in [6.07, 6.45) is 3.82. The van der Waals surface area contributed by atoms with Crippen LogP contribution in [0, 0.1) is 0 Å². The van der Waals surface area contributed by atoms with Gasteiger partial charge in [0.05, 0.1) is 33.3 Å². The molecule has 0 unspecified atom stereocenters. The molecular formula is C54H35N7O. The minimum Gasteiger partial charge on any atom is -0.452 e. The first-order chi connectivity index (χ1) is 30.7. The fraction of sp³-hybridized carbons (Fsp3) is 0. The zero-order chi connectivity index (χ0) is 41.3. The van der Waals surface area contributed by atoms with Crippen molar-refractivity contribution in [3.8, 4) is 51.4 Å². The molecule has 0 aliphatic carbocycles. The monoisotopic (exact) mass is 797 g/mol. The van der Waals surface area contributed by atoms with Crippen molar-refractivity contribution in [2.45, 2.75) is 0 Å². The molecule has 0 spiro atoms. The van der Waals surface area contributed by atoms with Gasteiger partial charge in [0.1, 0.15) is 11.1 Å². The number of rotatable bonds is 8. The maximum atomic E-state index is 6.84. The first-order valence-electron chi connectivity index (χ1n) is 20.5. The fourth-order valence-corrected chi connectivity index (χ4v) is 8.90. The van der Waals surface area contributed by atoms with Crippen LogP contribution in [0.5, 0.6) is 0 Å². The van der Waals surface area contributed by atoms with Gasteiger partial charge in [0.15, 0.2) is 28.8 Å². The predicted octanol–water partition coefficient (Wildman–Crippen LogP) is 13.3. The van der Waals surface area contributed by atoms with Crippen LogP contribution in [0.2, 0.25) is 0 Å². The summed E-state index contributed by atoms with van der Waals surface area (Å²) in [5.74, 6) is 1.69. The molecule has 12 aromatic rings. The number of nitrogens with zero attached hydrogens (tertiary/aromatic N) is 7. The maximum absolute atomic E-state index is 6.84. The molecular weight excluding hydrogens is 763 g/mol. The molecule has 62 heavy (non-hydrogen) atoms. The van der Waals surface area contributed by atoms with Crippen LogP contribution >= 0.6 is 0 Å². The zero-order valence-electron chi connectivity index (χ0n) is 33.4. The summed E-state index contributed by atoms with van der Waals surface area (Å²) in [4.78, 5) is 21.2. The second-order valence-corrected chi connectivity index (χ2v) is 15.2. The van der Waals surface area contributed by atoms with Crippen LogP contribution in [-0.2, 0) is 0 Å². The van der Waals surface area contributed by atoms with Crippen molar-refractivity contribution in [2.75, 3.05) is 0 Å². The van der Waals surface area contributed by atoms with E-state index >= 15 is 0 Å². The van der Waals surface area contributed by atoms with Gasteiger partial charge in [0, 0.05) is 33.4 Å².